The van der Waals surface area contributed by atoms with Crippen molar-refractivity contribution in [3.8, 4) is 0 Å². The minimum atomic E-state index is 1.11. The van der Waals surface area contributed by atoms with Crippen molar-refractivity contribution in [2.24, 2.45) is 0 Å². The minimum absolute atomic E-state index is 1.11. The zero-order chi connectivity index (χ0) is 26.1. The van der Waals surface area contributed by atoms with Gasteiger partial charge in [-0.05, 0) is 103 Å². The SMILES string of the molecule is Cc1cc(Br)cc2c1ccc1cc(N(c3ccccc3)c3ccc4ccc5cccc6ccc3c4c56)ccc12. The summed E-state index contributed by atoms with van der Waals surface area (Å²) in [5.41, 5.74) is 4.76. The van der Waals surface area contributed by atoms with Gasteiger partial charge in [-0.3, -0.25) is 0 Å². The van der Waals surface area contributed by atoms with E-state index in [1.54, 1.807) is 0 Å². The zero-order valence-electron chi connectivity index (χ0n) is 21.4. The quantitative estimate of drug-likeness (QED) is 0.194. The second-order valence-electron chi connectivity index (χ2n) is 10.4. The average molecular weight is 563 g/mol. The van der Waals surface area contributed by atoms with E-state index in [0.29, 0.717) is 0 Å². The first-order valence-electron chi connectivity index (χ1n) is 13.3. The van der Waals surface area contributed by atoms with Gasteiger partial charge in [0.15, 0.2) is 0 Å². The molecule has 0 spiro atoms. The summed E-state index contributed by atoms with van der Waals surface area (Å²) < 4.78 is 1.11. The van der Waals surface area contributed by atoms with Crippen LogP contribution in [-0.4, -0.2) is 0 Å². The molecule has 0 unspecified atom stereocenters. The lowest BCUT2D eigenvalue weighted by molar-refractivity contribution is 1.31. The molecule has 0 saturated heterocycles. The van der Waals surface area contributed by atoms with Crippen LogP contribution < -0.4 is 4.90 Å². The Hall–Kier alpha value is -4.40. The summed E-state index contributed by atoms with van der Waals surface area (Å²) in [4.78, 5) is 2.40. The first kappa shape index (κ1) is 22.6. The van der Waals surface area contributed by atoms with Crippen LogP contribution in [0.15, 0.2) is 132 Å². The normalized spacial score (nSPS) is 11.8. The third-order valence-corrected chi connectivity index (χ3v) is 8.58. The maximum Gasteiger partial charge on any atom is 0.0540 e. The van der Waals surface area contributed by atoms with Crippen molar-refractivity contribution < 1.29 is 0 Å². The molecule has 0 amide bonds. The topological polar surface area (TPSA) is 3.24 Å². The molecule has 2 heteroatoms. The fraction of sp³-hybridized carbons (Fsp3) is 0.0270. The first-order chi connectivity index (χ1) is 19.2. The van der Waals surface area contributed by atoms with Crippen LogP contribution in [0.1, 0.15) is 5.56 Å². The van der Waals surface area contributed by atoms with Gasteiger partial charge in [-0.2, -0.15) is 0 Å². The number of halogens is 1. The van der Waals surface area contributed by atoms with Crippen molar-refractivity contribution >= 4 is 86.9 Å². The molecular weight excluding hydrogens is 538 g/mol. The van der Waals surface area contributed by atoms with Crippen LogP contribution >= 0.6 is 15.9 Å². The lowest BCUT2D eigenvalue weighted by Crippen LogP contribution is -2.10. The standard InChI is InChI=1S/C37H24BrN/c1-23-20-28(38)22-34-31(23)16-13-27-21-30(15-18-32(27)34)39(29-8-3-2-4-9-29)35-19-14-26-11-10-24-6-5-7-25-12-17-33(35)37(26)36(24)25/h2-22H,1H3. The van der Waals surface area contributed by atoms with Gasteiger partial charge in [0.05, 0.1) is 5.69 Å². The van der Waals surface area contributed by atoms with Gasteiger partial charge in [0.25, 0.3) is 0 Å². The van der Waals surface area contributed by atoms with E-state index in [1.165, 1.54) is 65.1 Å². The van der Waals surface area contributed by atoms with Crippen molar-refractivity contribution in [2.45, 2.75) is 6.92 Å². The highest BCUT2D eigenvalue weighted by Crippen LogP contribution is 2.44. The molecule has 8 aromatic rings. The third kappa shape index (κ3) is 3.45. The molecule has 39 heavy (non-hydrogen) atoms. The van der Waals surface area contributed by atoms with E-state index in [-0.39, 0.29) is 0 Å². The van der Waals surface area contributed by atoms with Gasteiger partial charge in [0, 0.05) is 21.2 Å². The largest absolute Gasteiger partial charge is 0.310 e. The van der Waals surface area contributed by atoms with Gasteiger partial charge < -0.3 is 4.90 Å². The van der Waals surface area contributed by atoms with Gasteiger partial charge in [0.2, 0.25) is 0 Å². The van der Waals surface area contributed by atoms with E-state index >= 15 is 0 Å². The van der Waals surface area contributed by atoms with Crippen molar-refractivity contribution in [2.75, 3.05) is 4.90 Å². The Morgan fingerprint density at radius 2 is 1.13 bits per heavy atom. The maximum atomic E-state index is 3.71. The fourth-order valence-corrected chi connectivity index (χ4v) is 6.94. The number of aryl methyl sites for hydroxylation is 1. The molecule has 0 aliphatic rings. The second kappa shape index (κ2) is 8.56. The number of rotatable bonds is 3. The van der Waals surface area contributed by atoms with E-state index < -0.39 is 0 Å². The summed E-state index contributed by atoms with van der Waals surface area (Å²) in [7, 11) is 0. The Bertz CT molecular complexity index is 2180. The lowest BCUT2D eigenvalue weighted by atomic mass is 9.93. The van der Waals surface area contributed by atoms with Gasteiger partial charge in [-0.1, -0.05) is 101 Å². The Balaban J connectivity index is 1.42. The molecule has 8 aromatic carbocycles. The summed E-state index contributed by atoms with van der Waals surface area (Å²) in [5.74, 6) is 0. The van der Waals surface area contributed by atoms with E-state index in [9.17, 15) is 0 Å². The van der Waals surface area contributed by atoms with Gasteiger partial charge in [-0.25, -0.2) is 0 Å². The molecule has 0 aliphatic heterocycles. The Morgan fingerprint density at radius 1 is 0.462 bits per heavy atom. The summed E-state index contributed by atoms with van der Waals surface area (Å²) in [5, 5.41) is 12.9. The molecule has 184 valence electrons. The molecule has 0 N–H and O–H groups in total. The molecule has 0 atom stereocenters. The van der Waals surface area contributed by atoms with E-state index in [2.05, 4.69) is 155 Å². The number of benzene rings is 8. The van der Waals surface area contributed by atoms with Crippen molar-refractivity contribution in [1.29, 1.82) is 0 Å². The van der Waals surface area contributed by atoms with Crippen molar-refractivity contribution in [1.82, 2.24) is 0 Å². The van der Waals surface area contributed by atoms with E-state index in [4.69, 9.17) is 0 Å². The molecule has 0 bridgehead atoms. The Kier molecular flexibility index (Phi) is 4.95. The number of anilines is 3. The van der Waals surface area contributed by atoms with Crippen LogP contribution in [0, 0.1) is 6.92 Å². The molecule has 8 rings (SSSR count). The first-order valence-corrected chi connectivity index (χ1v) is 14.1. The lowest BCUT2D eigenvalue weighted by Gasteiger charge is -2.28. The molecule has 0 heterocycles. The van der Waals surface area contributed by atoms with Crippen LogP contribution in [0.2, 0.25) is 0 Å². The van der Waals surface area contributed by atoms with Gasteiger partial charge in [0.1, 0.15) is 0 Å². The fourth-order valence-electron chi connectivity index (χ4n) is 6.36. The van der Waals surface area contributed by atoms with Gasteiger partial charge in [-0.15, -0.1) is 0 Å². The van der Waals surface area contributed by atoms with Gasteiger partial charge >= 0.3 is 0 Å². The molecule has 0 radical (unpaired) electrons. The predicted molar refractivity (Wildman–Crippen MR) is 172 cm³/mol. The zero-order valence-corrected chi connectivity index (χ0v) is 23.0. The van der Waals surface area contributed by atoms with Crippen LogP contribution in [0.5, 0.6) is 0 Å². The maximum absolute atomic E-state index is 3.71. The summed E-state index contributed by atoms with van der Waals surface area (Å²) in [6, 6.07) is 46.7. The van der Waals surface area contributed by atoms with Crippen molar-refractivity contribution in [3.63, 3.8) is 0 Å². The third-order valence-electron chi connectivity index (χ3n) is 8.13. The number of hydrogen-bond donors (Lipinski definition) is 0. The summed E-state index contributed by atoms with van der Waals surface area (Å²) >= 11 is 3.71. The Labute approximate surface area is 235 Å². The van der Waals surface area contributed by atoms with E-state index in [0.717, 1.165) is 15.8 Å². The average Bonchev–Trinajstić information content (AvgIpc) is 2.97. The smallest absolute Gasteiger partial charge is 0.0540 e. The highest BCUT2D eigenvalue weighted by molar-refractivity contribution is 9.10. The molecule has 0 aliphatic carbocycles. The molecule has 0 saturated carbocycles. The van der Waals surface area contributed by atoms with Crippen LogP contribution in [0.4, 0.5) is 17.1 Å². The molecular formula is C37H24BrN. The summed E-state index contributed by atoms with van der Waals surface area (Å²) in [6.45, 7) is 2.18. The number of nitrogens with zero attached hydrogens (tertiary/aromatic N) is 1. The molecule has 1 nitrogen and oxygen atoms in total. The van der Waals surface area contributed by atoms with Crippen molar-refractivity contribution in [3.05, 3.63) is 137 Å². The minimum Gasteiger partial charge on any atom is -0.310 e. The molecule has 0 fully saturated rings. The number of fused-ring (bicyclic) bond motifs is 3. The molecule has 0 aromatic heterocycles. The Morgan fingerprint density at radius 3 is 1.95 bits per heavy atom. The van der Waals surface area contributed by atoms with Crippen LogP contribution in [0.25, 0.3) is 53.9 Å². The monoisotopic (exact) mass is 561 g/mol. The second-order valence-corrected chi connectivity index (χ2v) is 11.3. The summed E-state index contributed by atoms with van der Waals surface area (Å²) in [6.07, 6.45) is 0. The van der Waals surface area contributed by atoms with E-state index in [1.807, 2.05) is 0 Å². The predicted octanol–water partition coefficient (Wildman–Crippen LogP) is 11.4. The highest BCUT2D eigenvalue weighted by Gasteiger charge is 2.18. The number of para-hydroxylation sites is 1. The van der Waals surface area contributed by atoms with Crippen LogP contribution in [-0.2, 0) is 0 Å². The number of hydrogen-bond acceptors (Lipinski definition) is 1. The highest BCUT2D eigenvalue weighted by atomic mass is 79.9. The van der Waals surface area contributed by atoms with Crippen LogP contribution in [0.3, 0.4) is 0 Å².